The lowest BCUT2D eigenvalue weighted by Crippen LogP contribution is -2.30. The highest BCUT2D eigenvalue weighted by atomic mass is 16.5. The molecule has 0 saturated carbocycles. The molecule has 184 valence electrons. The number of benzene rings is 3. The summed E-state index contributed by atoms with van der Waals surface area (Å²) in [6.07, 6.45) is 1.99. The van der Waals surface area contributed by atoms with Crippen LogP contribution in [-0.2, 0) is 4.74 Å². The molecule has 0 heterocycles. The Bertz CT molecular complexity index is 1070. The molecule has 4 heteroatoms. The van der Waals surface area contributed by atoms with E-state index in [0.29, 0.717) is 17.9 Å². The molecule has 34 heavy (non-hydrogen) atoms. The fraction of sp³-hybridized carbons (Fsp3) is 0.433. The van der Waals surface area contributed by atoms with Crippen LogP contribution < -0.4 is 9.64 Å². The van der Waals surface area contributed by atoms with Crippen molar-refractivity contribution in [1.82, 2.24) is 0 Å². The van der Waals surface area contributed by atoms with Gasteiger partial charge in [0.25, 0.3) is 0 Å². The molecule has 4 nitrogen and oxygen atoms in total. The Morgan fingerprint density at radius 3 is 2.15 bits per heavy atom. The van der Waals surface area contributed by atoms with Crippen LogP contribution in [0.25, 0.3) is 21.9 Å². The van der Waals surface area contributed by atoms with Gasteiger partial charge in [-0.3, -0.25) is 0 Å². The number of fused-ring (bicyclic) bond motifs is 1. The van der Waals surface area contributed by atoms with Crippen LogP contribution in [0.3, 0.4) is 0 Å². The van der Waals surface area contributed by atoms with Crippen molar-refractivity contribution >= 4 is 16.5 Å². The second-order valence-electron chi connectivity index (χ2n) is 8.74. The minimum Gasteiger partial charge on any atom is -0.486 e. The summed E-state index contributed by atoms with van der Waals surface area (Å²) in [5, 5.41) is 12.2. The lowest BCUT2D eigenvalue weighted by atomic mass is 9.96. The Kier molecular flexibility index (Phi) is 12.2. The van der Waals surface area contributed by atoms with Gasteiger partial charge < -0.3 is 14.4 Å². The van der Waals surface area contributed by atoms with Crippen LogP contribution in [0.4, 0.5) is 5.69 Å². The molecular weight excluding hydrogens is 420 g/mol. The van der Waals surface area contributed by atoms with E-state index in [-0.39, 0.29) is 0 Å². The minimum atomic E-state index is -0.424. The molecule has 0 bridgehead atoms. The summed E-state index contributed by atoms with van der Waals surface area (Å²) >= 11 is 0. The highest BCUT2D eigenvalue weighted by Crippen LogP contribution is 2.34. The van der Waals surface area contributed by atoms with Crippen molar-refractivity contribution in [1.29, 1.82) is 5.26 Å². The van der Waals surface area contributed by atoms with E-state index < -0.39 is 5.60 Å². The molecular formula is C30H42N2O2. The van der Waals surface area contributed by atoms with Gasteiger partial charge in [-0.1, -0.05) is 64.4 Å². The monoisotopic (exact) mass is 462 g/mol. The quantitative estimate of drug-likeness (QED) is 0.356. The fourth-order valence-corrected chi connectivity index (χ4v) is 3.35. The topological polar surface area (TPSA) is 45.5 Å². The SMILES string of the molecule is CC.CCC.COCCC(C)(C)Oc1cccc(-c2ccc3cc(N(C)C)ccc3c2)c1C#N. The maximum Gasteiger partial charge on any atom is 0.138 e. The molecule has 0 amide bonds. The van der Waals surface area contributed by atoms with Crippen LogP contribution in [0.2, 0.25) is 0 Å². The van der Waals surface area contributed by atoms with E-state index in [1.807, 2.05) is 60.0 Å². The van der Waals surface area contributed by atoms with Crippen LogP contribution in [-0.4, -0.2) is 33.4 Å². The van der Waals surface area contributed by atoms with E-state index in [1.54, 1.807) is 7.11 Å². The molecule has 3 aromatic carbocycles. The summed E-state index contributed by atoms with van der Waals surface area (Å²) in [7, 11) is 5.75. The standard InChI is InChI=1S/C25H28N2O2.C3H8.C2H6/c1-25(2,13-14-28-5)29-24-8-6-7-22(23(24)17-26)20-10-9-19-16-21(27(3)4)12-11-18(19)15-20;1-3-2;1-2/h6-12,15-16H,13-14H2,1-5H3;3H2,1-2H3;1-2H3. The number of methoxy groups -OCH3 is 1. The van der Waals surface area contributed by atoms with Crippen molar-refractivity contribution in [2.45, 2.75) is 60.0 Å². The van der Waals surface area contributed by atoms with Crippen LogP contribution in [0, 0.1) is 11.3 Å². The molecule has 0 atom stereocenters. The zero-order valence-electron chi connectivity index (χ0n) is 22.5. The molecule has 0 N–H and O–H groups in total. The van der Waals surface area contributed by atoms with E-state index in [4.69, 9.17) is 9.47 Å². The second-order valence-corrected chi connectivity index (χ2v) is 8.74. The van der Waals surface area contributed by atoms with Crippen molar-refractivity contribution in [2.24, 2.45) is 0 Å². The predicted octanol–water partition coefficient (Wildman–Crippen LogP) is 8.08. The normalized spacial score (nSPS) is 10.4. The van der Waals surface area contributed by atoms with Crippen molar-refractivity contribution in [3.63, 3.8) is 0 Å². The average Bonchev–Trinajstić information content (AvgIpc) is 2.83. The molecule has 0 saturated heterocycles. The van der Waals surface area contributed by atoms with E-state index in [1.165, 1.54) is 11.8 Å². The highest BCUT2D eigenvalue weighted by molar-refractivity contribution is 5.90. The lowest BCUT2D eigenvalue weighted by molar-refractivity contribution is 0.0628. The van der Waals surface area contributed by atoms with E-state index in [2.05, 4.69) is 61.2 Å². The third-order valence-electron chi connectivity index (χ3n) is 5.08. The average molecular weight is 463 g/mol. The molecule has 0 radical (unpaired) electrons. The minimum absolute atomic E-state index is 0.424. The van der Waals surface area contributed by atoms with Gasteiger partial charge >= 0.3 is 0 Å². The van der Waals surface area contributed by atoms with Gasteiger partial charge in [-0.15, -0.1) is 0 Å². The Balaban J connectivity index is 0.00000107. The third kappa shape index (κ3) is 8.08. The second kappa shape index (κ2) is 14.3. The smallest absolute Gasteiger partial charge is 0.138 e. The van der Waals surface area contributed by atoms with Crippen molar-refractivity contribution in [3.05, 3.63) is 60.2 Å². The number of rotatable bonds is 7. The van der Waals surface area contributed by atoms with Crippen molar-refractivity contribution in [3.8, 4) is 22.9 Å². The van der Waals surface area contributed by atoms with Crippen LogP contribution in [0.1, 0.15) is 59.9 Å². The first kappa shape index (κ1) is 29.0. The lowest BCUT2D eigenvalue weighted by Gasteiger charge is -2.27. The summed E-state index contributed by atoms with van der Waals surface area (Å²) in [4.78, 5) is 2.09. The summed E-state index contributed by atoms with van der Waals surface area (Å²) in [5.41, 5.74) is 3.18. The Morgan fingerprint density at radius 1 is 0.941 bits per heavy atom. The van der Waals surface area contributed by atoms with Gasteiger partial charge in [0.1, 0.15) is 23.0 Å². The first-order valence-corrected chi connectivity index (χ1v) is 12.2. The molecule has 0 aliphatic rings. The van der Waals surface area contributed by atoms with Crippen LogP contribution in [0.15, 0.2) is 54.6 Å². The van der Waals surface area contributed by atoms with Gasteiger partial charge in [-0.25, -0.2) is 0 Å². The van der Waals surface area contributed by atoms with Gasteiger partial charge in [-0.05, 0) is 54.4 Å². The first-order chi connectivity index (χ1) is 16.3. The summed E-state index contributed by atoms with van der Waals surface area (Å²) in [6, 6.07) is 20.8. The van der Waals surface area contributed by atoms with Gasteiger partial charge in [0.15, 0.2) is 0 Å². The van der Waals surface area contributed by atoms with Gasteiger partial charge in [0, 0.05) is 45.5 Å². The third-order valence-corrected chi connectivity index (χ3v) is 5.08. The highest BCUT2D eigenvalue weighted by Gasteiger charge is 2.22. The molecule has 0 fully saturated rings. The number of hydrogen-bond donors (Lipinski definition) is 0. The van der Waals surface area contributed by atoms with Gasteiger partial charge in [-0.2, -0.15) is 5.26 Å². The van der Waals surface area contributed by atoms with Crippen molar-refractivity contribution < 1.29 is 9.47 Å². The van der Waals surface area contributed by atoms with E-state index in [0.717, 1.165) is 28.6 Å². The molecule has 0 spiro atoms. The fourth-order valence-electron chi connectivity index (χ4n) is 3.35. The molecule has 0 aliphatic heterocycles. The Hall–Kier alpha value is -3.03. The largest absolute Gasteiger partial charge is 0.486 e. The summed E-state index contributed by atoms with van der Waals surface area (Å²) in [5.74, 6) is 0.606. The Morgan fingerprint density at radius 2 is 1.56 bits per heavy atom. The van der Waals surface area contributed by atoms with Gasteiger partial charge in [0.2, 0.25) is 0 Å². The summed E-state index contributed by atoms with van der Waals surface area (Å²) in [6.45, 7) is 12.9. The van der Waals surface area contributed by atoms with E-state index >= 15 is 0 Å². The van der Waals surface area contributed by atoms with Crippen molar-refractivity contribution in [2.75, 3.05) is 32.7 Å². The number of nitrogens with zero attached hydrogens (tertiary/aromatic N) is 2. The molecule has 3 aromatic rings. The summed E-state index contributed by atoms with van der Waals surface area (Å²) < 4.78 is 11.4. The first-order valence-electron chi connectivity index (χ1n) is 12.2. The van der Waals surface area contributed by atoms with Crippen LogP contribution in [0.5, 0.6) is 5.75 Å². The zero-order valence-corrected chi connectivity index (χ0v) is 22.5. The molecule has 3 rings (SSSR count). The molecule has 0 unspecified atom stereocenters. The van der Waals surface area contributed by atoms with Crippen LogP contribution >= 0.6 is 0 Å². The van der Waals surface area contributed by atoms with E-state index in [9.17, 15) is 5.26 Å². The van der Waals surface area contributed by atoms with Gasteiger partial charge in [0.05, 0.1) is 0 Å². The Labute approximate surface area is 207 Å². The molecule has 0 aromatic heterocycles. The molecule has 0 aliphatic carbocycles. The zero-order chi connectivity index (χ0) is 25.7. The predicted molar refractivity (Wildman–Crippen MR) is 147 cm³/mol. The number of nitriles is 1. The maximum atomic E-state index is 9.88. The number of hydrogen-bond acceptors (Lipinski definition) is 4. The number of anilines is 1. The maximum absolute atomic E-state index is 9.88. The number of ether oxygens (including phenoxy) is 2.